The van der Waals surface area contributed by atoms with Gasteiger partial charge in [-0.05, 0) is 50.7 Å². The number of nitrogens with zero attached hydrogens (tertiary/aromatic N) is 4. The van der Waals surface area contributed by atoms with Crippen LogP contribution in [0.5, 0.6) is 0 Å². The fourth-order valence-corrected chi connectivity index (χ4v) is 6.26. The zero-order valence-electron chi connectivity index (χ0n) is 26.3. The highest BCUT2D eigenvalue weighted by Gasteiger charge is 2.35. The number of rotatable bonds is 10. The molecule has 0 aliphatic carbocycles. The summed E-state index contributed by atoms with van der Waals surface area (Å²) < 4.78 is 5.40. The highest BCUT2D eigenvalue weighted by molar-refractivity contribution is 5.90. The highest BCUT2D eigenvalue weighted by atomic mass is 16.5. The SMILES string of the molecule is CN(C(=O)C(Cc1ccc2ccccc2c1)NC(=O)C1CCN(C(=O)O)CC1)C(Cc1ccc2ccccc2c1)c1nc(C(=O)O)no1. The van der Waals surface area contributed by atoms with E-state index in [4.69, 9.17) is 4.52 Å². The van der Waals surface area contributed by atoms with E-state index in [2.05, 4.69) is 15.5 Å². The third-order valence-electron chi connectivity index (χ3n) is 8.98. The lowest BCUT2D eigenvalue weighted by Gasteiger charge is -2.32. The first kappa shape index (κ1) is 32.2. The minimum absolute atomic E-state index is 0.0479. The Labute approximate surface area is 276 Å². The lowest BCUT2D eigenvalue weighted by atomic mass is 9.94. The highest BCUT2D eigenvalue weighted by Crippen LogP contribution is 2.27. The maximum Gasteiger partial charge on any atom is 0.407 e. The molecule has 6 rings (SSSR count). The molecule has 1 aromatic heterocycles. The summed E-state index contributed by atoms with van der Waals surface area (Å²) in [5.41, 5.74) is 1.69. The van der Waals surface area contributed by atoms with Crippen LogP contribution in [0.2, 0.25) is 0 Å². The molecule has 3 amide bonds. The van der Waals surface area contributed by atoms with Crippen molar-refractivity contribution in [1.82, 2.24) is 25.3 Å². The minimum Gasteiger partial charge on any atom is -0.475 e. The van der Waals surface area contributed by atoms with E-state index < -0.39 is 41.8 Å². The van der Waals surface area contributed by atoms with Crippen LogP contribution in [0.25, 0.3) is 21.5 Å². The van der Waals surface area contributed by atoms with Crippen LogP contribution in [0, 0.1) is 5.92 Å². The minimum atomic E-state index is -1.36. The molecule has 4 aromatic carbocycles. The largest absolute Gasteiger partial charge is 0.475 e. The van der Waals surface area contributed by atoms with Gasteiger partial charge in [-0.25, -0.2) is 9.59 Å². The first-order chi connectivity index (χ1) is 23.2. The van der Waals surface area contributed by atoms with Gasteiger partial charge in [0.2, 0.25) is 17.7 Å². The quantitative estimate of drug-likeness (QED) is 0.190. The molecule has 48 heavy (non-hydrogen) atoms. The number of carbonyl (C=O) groups excluding carboxylic acids is 2. The van der Waals surface area contributed by atoms with E-state index in [-0.39, 0.29) is 37.7 Å². The number of carboxylic acids is 1. The third-order valence-corrected chi connectivity index (χ3v) is 8.98. The van der Waals surface area contributed by atoms with Gasteiger partial charge in [0.15, 0.2) is 0 Å². The van der Waals surface area contributed by atoms with Gasteiger partial charge in [-0.3, -0.25) is 9.59 Å². The average molecular weight is 650 g/mol. The van der Waals surface area contributed by atoms with Gasteiger partial charge in [-0.15, -0.1) is 0 Å². The van der Waals surface area contributed by atoms with Crippen molar-refractivity contribution >= 4 is 45.4 Å². The Morgan fingerprint density at radius 3 is 1.96 bits per heavy atom. The number of carbonyl (C=O) groups is 4. The summed E-state index contributed by atoms with van der Waals surface area (Å²) in [6, 6.07) is 25.6. The van der Waals surface area contributed by atoms with Gasteiger partial charge in [0, 0.05) is 38.9 Å². The molecule has 1 aliphatic heterocycles. The van der Waals surface area contributed by atoms with Gasteiger partial charge in [0.25, 0.3) is 5.82 Å². The molecule has 1 aliphatic rings. The van der Waals surface area contributed by atoms with Crippen LogP contribution in [-0.4, -0.2) is 80.2 Å². The van der Waals surface area contributed by atoms with Crippen LogP contribution in [0.15, 0.2) is 89.5 Å². The molecule has 1 fully saturated rings. The van der Waals surface area contributed by atoms with E-state index in [1.54, 1.807) is 7.05 Å². The molecule has 0 spiro atoms. The number of benzene rings is 4. The number of aromatic nitrogens is 2. The number of hydrogen-bond donors (Lipinski definition) is 3. The molecule has 5 aromatic rings. The van der Waals surface area contributed by atoms with E-state index in [0.29, 0.717) is 12.8 Å². The van der Waals surface area contributed by atoms with Crippen molar-refractivity contribution in [1.29, 1.82) is 0 Å². The lowest BCUT2D eigenvalue weighted by Crippen LogP contribution is -2.52. The first-order valence-corrected chi connectivity index (χ1v) is 15.7. The smallest absolute Gasteiger partial charge is 0.407 e. The molecule has 12 nitrogen and oxygen atoms in total. The van der Waals surface area contributed by atoms with Gasteiger partial charge in [0.1, 0.15) is 12.1 Å². The van der Waals surface area contributed by atoms with Crippen molar-refractivity contribution in [2.45, 2.75) is 37.8 Å². The molecule has 2 atom stereocenters. The Bertz CT molecular complexity index is 1980. The Balaban J connectivity index is 1.31. The molecule has 3 N–H and O–H groups in total. The summed E-state index contributed by atoms with van der Waals surface area (Å²) in [6.45, 7) is 0.459. The van der Waals surface area contributed by atoms with Crippen molar-refractivity contribution < 1.29 is 33.9 Å². The second kappa shape index (κ2) is 13.9. The number of fused-ring (bicyclic) bond motifs is 2. The summed E-state index contributed by atoms with van der Waals surface area (Å²) >= 11 is 0. The van der Waals surface area contributed by atoms with Gasteiger partial charge < -0.3 is 29.9 Å². The van der Waals surface area contributed by atoms with Crippen LogP contribution in [-0.2, 0) is 22.4 Å². The van der Waals surface area contributed by atoms with E-state index >= 15 is 0 Å². The van der Waals surface area contributed by atoms with Crippen molar-refractivity contribution in [2.75, 3.05) is 20.1 Å². The first-order valence-electron chi connectivity index (χ1n) is 15.7. The molecule has 246 valence electrons. The summed E-state index contributed by atoms with van der Waals surface area (Å²) in [5.74, 6) is -3.15. The normalized spacial score (nSPS) is 14.8. The van der Waals surface area contributed by atoms with Gasteiger partial charge in [-0.2, -0.15) is 4.98 Å². The Hall–Kier alpha value is -5.78. The second-order valence-corrected chi connectivity index (χ2v) is 12.1. The number of piperidine rings is 1. The third kappa shape index (κ3) is 7.12. The number of aromatic carboxylic acids is 1. The second-order valence-electron chi connectivity index (χ2n) is 12.1. The van der Waals surface area contributed by atoms with Crippen LogP contribution in [0.4, 0.5) is 4.79 Å². The molecule has 2 heterocycles. The Morgan fingerprint density at radius 1 is 0.854 bits per heavy atom. The standard InChI is InChI=1S/C36H35N5O7/c1-40(30(33-38-31(35(44)45)39-48-33)21-23-11-13-25-7-3-5-9-28(25)19-23)34(43)29(20-22-10-12-24-6-2-4-8-27(24)18-22)37-32(42)26-14-16-41(17-15-26)36(46)47/h2-13,18-19,26,29-30H,14-17,20-21H2,1H3,(H,37,42)(H,44,45)(H,46,47). The number of likely N-dealkylation sites (tertiary alicyclic amines) is 1. The van der Waals surface area contributed by atoms with Crippen LogP contribution in [0.1, 0.15) is 46.5 Å². The monoisotopic (exact) mass is 649 g/mol. The van der Waals surface area contributed by atoms with Crippen LogP contribution < -0.4 is 5.32 Å². The summed E-state index contributed by atoms with van der Waals surface area (Å²) in [4.78, 5) is 57.9. The Kier molecular flexibility index (Phi) is 9.33. The van der Waals surface area contributed by atoms with Gasteiger partial charge >= 0.3 is 12.1 Å². The molecule has 0 saturated carbocycles. The molecule has 0 bridgehead atoms. The fourth-order valence-electron chi connectivity index (χ4n) is 6.26. The fraction of sp³-hybridized carbons (Fsp3) is 0.278. The van der Waals surface area contributed by atoms with Crippen molar-refractivity contribution in [2.24, 2.45) is 5.92 Å². The Morgan fingerprint density at radius 2 is 1.42 bits per heavy atom. The van der Waals surface area contributed by atoms with Crippen LogP contribution >= 0.6 is 0 Å². The topological polar surface area (TPSA) is 166 Å². The average Bonchev–Trinajstić information content (AvgIpc) is 3.60. The lowest BCUT2D eigenvalue weighted by molar-refractivity contribution is -0.139. The molecule has 1 saturated heterocycles. The predicted octanol–water partition coefficient (Wildman–Crippen LogP) is 4.93. The molecule has 0 radical (unpaired) electrons. The molecule has 12 heteroatoms. The van der Waals surface area contributed by atoms with Gasteiger partial charge in [0.05, 0.1) is 0 Å². The number of likely N-dealkylation sites (N-methyl/N-ethyl adjacent to an activating group) is 1. The maximum atomic E-state index is 14.4. The van der Waals surface area contributed by atoms with E-state index in [0.717, 1.165) is 32.7 Å². The zero-order valence-corrected chi connectivity index (χ0v) is 26.3. The van der Waals surface area contributed by atoms with E-state index in [9.17, 15) is 29.4 Å². The van der Waals surface area contributed by atoms with Crippen molar-refractivity contribution in [3.63, 3.8) is 0 Å². The maximum absolute atomic E-state index is 14.4. The zero-order chi connectivity index (χ0) is 33.8. The number of nitrogens with one attached hydrogen (secondary N) is 1. The van der Waals surface area contributed by atoms with E-state index in [1.807, 2.05) is 84.9 Å². The molecular formula is C36H35N5O7. The summed E-state index contributed by atoms with van der Waals surface area (Å²) in [6.07, 6.45) is 0.0775. The van der Waals surface area contributed by atoms with Crippen molar-refractivity contribution in [3.8, 4) is 0 Å². The van der Waals surface area contributed by atoms with Crippen LogP contribution in [0.3, 0.4) is 0 Å². The number of hydrogen-bond acceptors (Lipinski definition) is 7. The predicted molar refractivity (Wildman–Crippen MR) is 176 cm³/mol. The number of amides is 3. The molecular weight excluding hydrogens is 614 g/mol. The summed E-state index contributed by atoms with van der Waals surface area (Å²) in [7, 11) is 1.57. The summed E-state index contributed by atoms with van der Waals surface area (Å²) in [5, 5.41) is 29.5. The van der Waals surface area contributed by atoms with Gasteiger partial charge in [-0.1, -0.05) is 84.9 Å². The van der Waals surface area contributed by atoms with Crippen molar-refractivity contribution in [3.05, 3.63) is 108 Å². The number of carboxylic acid groups (broad SMARTS) is 2. The molecule has 2 unspecified atom stereocenters. The van der Waals surface area contributed by atoms with E-state index in [1.165, 1.54) is 9.80 Å².